The van der Waals surface area contributed by atoms with Gasteiger partial charge in [0.25, 0.3) is 0 Å². The minimum Gasteiger partial charge on any atom is -0.481 e. The lowest BCUT2D eigenvalue weighted by Gasteiger charge is -2.14. The molecule has 1 unspecified atom stereocenters. The van der Waals surface area contributed by atoms with Crippen molar-refractivity contribution in [3.8, 4) is 17.2 Å². The van der Waals surface area contributed by atoms with Crippen LogP contribution < -0.4 is 19.9 Å². The van der Waals surface area contributed by atoms with Crippen molar-refractivity contribution < 1.29 is 23.7 Å². The molecule has 1 aromatic carbocycles. The average molecular weight is 295 g/mol. The van der Waals surface area contributed by atoms with Crippen molar-refractivity contribution in [1.82, 2.24) is 0 Å². The highest BCUT2D eigenvalue weighted by molar-refractivity contribution is 5.71. The van der Waals surface area contributed by atoms with Crippen molar-refractivity contribution in [1.29, 1.82) is 0 Å². The van der Waals surface area contributed by atoms with Gasteiger partial charge in [-0.1, -0.05) is 0 Å². The van der Waals surface area contributed by atoms with Crippen LogP contribution in [0.2, 0.25) is 0 Å². The summed E-state index contributed by atoms with van der Waals surface area (Å²) in [5.41, 5.74) is 6.72. The van der Waals surface area contributed by atoms with E-state index < -0.39 is 5.97 Å². The van der Waals surface area contributed by atoms with Gasteiger partial charge < -0.3 is 24.7 Å². The fourth-order valence-electron chi connectivity index (χ4n) is 2.04. The molecule has 0 saturated carbocycles. The lowest BCUT2D eigenvalue weighted by Crippen LogP contribution is -2.21. The number of carbonyl (C=O) groups is 1. The maximum absolute atomic E-state index is 11.6. The molecule has 0 saturated heterocycles. The van der Waals surface area contributed by atoms with E-state index >= 15 is 0 Å². The number of rotatable bonds is 6. The highest BCUT2D eigenvalue weighted by Gasteiger charge is 2.19. The van der Waals surface area contributed by atoms with Gasteiger partial charge in [0, 0.05) is 12.1 Å². The standard InChI is InChI=1S/C15H21NO5/c1-9(2)21-15(17)7-18-12-6-14-13(19-8-20-14)5-11(12)4-10(3)16/h5-6,9-10H,4,7-8,16H2,1-3H3. The summed E-state index contributed by atoms with van der Waals surface area (Å²) in [6.45, 7) is 5.52. The highest BCUT2D eigenvalue weighted by atomic mass is 16.7. The predicted octanol–water partition coefficient (Wildman–Crippen LogP) is 1.64. The zero-order valence-corrected chi connectivity index (χ0v) is 12.5. The molecule has 0 bridgehead atoms. The molecule has 1 atom stereocenters. The number of fused-ring (bicyclic) bond motifs is 1. The number of hydrogen-bond donors (Lipinski definition) is 1. The molecule has 0 spiro atoms. The Labute approximate surface area is 124 Å². The quantitative estimate of drug-likeness (QED) is 0.804. The Morgan fingerprint density at radius 3 is 2.57 bits per heavy atom. The van der Waals surface area contributed by atoms with Crippen LogP contribution in [0.3, 0.4) is 0 Å². The maximum atomic E-state index is 11.6. The number of ether oxygens (including phenoxy) is 4. The van der Waals surface area contributed by atoms with Crippen LogP contribution in [0.1, 0.15) is 26.3 Å². The average Bonchev–Trinajstić information content (AvgIpc) is 2.81. The van der Waals surface area contributed by atoms with Crippen molar-refractivity contribution >= 4 is 5.97 Å². The summed E-state index contributed by atoms with van der Waals surface area (Å²) in [6, 6.07) is 3.53. The van der Waals surface area contributed by atoms with Gasteiger partial charge in [0.2, 0.25) is 6.79 Å². The van der Waals surface area contributed by atoms with E-state index in [1.807, 2.05) is 13.0 Å². The van der Waals surface area contributed by atoms with Crippen LogP contribution >= 0.6 is 0 Å². The number of esters is 1. The minimum absolute atomic E-state index is 0.0321. The van der Waals surface area contributed by atoms with Gasteiger partial charge in [0.15, 0.2) is 18.1 Å². The molecule has 2 N–H and O–H groups in total. The van der Waals surface area contributed by atoms with E-state index in [1.165, 1.54) is 0 Å². The Kier molecular flexibility index (Phi) is 4.90. The molecule has 6 nitrogen and oxygen atoms in total. The van der Waals surface area contributed by atoms with E-state index in [0.717, 1.165) is 5.56 Å². The minimum atomic E-state index is -0.408. The summed E-state index contributed by atoms with van der Waals surface area (Å²) in [4.78, 5) is 11.6. The summed E-state index contributed by atoms with van der Waals surface area (Å²) in [5, 5.41) is 0. The Morgan fingerprint density at radius 1 is 1.29 bits per heavy atom. The molecule has 1 aliphatic heterocycles. The second-order valence-electron chi connectivity index (χ2n) is 5.32. The van der Waals surface area contributed by atoms with Gasteiger partial charge in [0.1, 0.15) is 5.75 Å². The molecule has 6 heteroatoms. The predicted molar refractivity (Wildman–Crippen MR) is 76.6 cm³/mol. The first-order valence-electron chi connectivity index (χ1n) is 6.96. The molecular weight excluding hydrogens is 274 g/mol. The monoisotopic (exact) mass is 295 g/mol. The van der Waals surface area contributed by atoms with E-state index in [4.69, 9.17) is 24.7 Å². The van der Waals surface area contributed by atoms with Crippen molar-refractivity contribution in [2.45, 2.75) is 39.3 Å². The van der Waals surface area contributed by atoms with E-state index in [0.29, 0.717) is 23.7 Å². The first kappa shape index (κ1) is 15.4. The Hall–Kier alpha value is -1.95. The van der Waals surface area contributed by atoms with Gasteiger partial charge in [-0.2, -0.15) is 0 Å². The first-order valence-corrected chi connectivity index (χ1v) is 6.96. The molecule has 0 amide bonds. The number of nitrogens with two attached hydrogens (primary N) is 1. The summed E-state index contributed by atoms with van der Waals surface area (Å²) >= 11 is 0. The van der Waals surface area contributed by atoms with Crippen LogP contribution in [0.4, 0.5) is 0 Å². The van der Waals surface area contributed by atoms with Gasteiger partial charge in [-0.3, -0.25) is 0 Å². The Morgan fingerprint density at radius 2 is 1.95 bits per heavy atom. The van der Waals surface area contributed by atoms with Gasteiger partial charge in [-0.15, -0.1) is 0 Å². The molecular formula is C15H21NO5. The molecule has 1 aliphatic rings. The van der Waals surface area contributed by atoms with Crippen LogP contribution in [0, 0.1) is 0 Å². The van der Waals surface area contributed by atoms with Crippen molar-refractivity contribution in [2.24, 2.45) is 5.73 Å². The molecule has 116 valence electrons. The molecule has 0 fully saturated rings. The van der Waals surface area contributed by atoms with Crippen LogP contribution in [-0.4, -0.2) is 31.5 Å². The van der Waals surface area contributed by atoms with Crippen LogP contribution in [0.5, 0.6) is 17.2 Å². The van der Waals surface area contributed by atoms with Gasteiger partial charge in [0.05, 0.1) is 6.10 Å². The third kappa shape index (κ3) is 4.26. The summed E-state index contributed by atoms with van der Waals surface area (Å²) in [7, 11) is 0. The first-order chi connectivity index (χ1) is 9.95. The fraction of sp³-hybridized carbons (Fsp3) is 0.533. The summed E-state index contributed by atoms with van der Waals surface area (Å²) in [6.07, 6.45) is 0.451. The van der Waals surface area contributed by atoms with Gasteiger partial charge >= 0.3 is 5.97 Å². The second kappa shape index (κ2) is 6.67. The highest BCUT2D eigenvalue weighted by Crippen LogP contribution is 2.38. The molecule has 2 rings (SSSR count). The van der Waals surface area contributed by atoms with Crippen molar-refractivity contribution in [3.63, 3.8) is 0 Å². The van der Waals surface area contributed by atoms with E-state index in [2.05, 4.69) is 0 Å². The second-order valence-corrected chi connectivity index (χ2v) is 5.32. The zero-order chi connectivity index (χ0) is 15.4. The number of hydrogen-bond acceptors (Lipinski definition) is 6. The summed E-state index contributed by atoms with van der Waals surface area (Å²) in [5.74, 6) is 1.44. The lowest BCUT2D eigenvalue weighted by atomic mass is 10.1. The molecule has 0 aliphatic carbocycles. The lowest BCUT2D eigenvalue weighted by molar-refractivity contribution is -0.149. The van der Waals surface area contributed by atoms with Crippen LogP contribution in [0.25, 0.3) is 0 Å². The summed E-state index contributed by atoms with van der Waals surface area (Å²) < 4.78 is 21.3. The maximum Gasteiger partial charge on any atom is 0.344 e. The SMILES string of the molecule is CC(N)Cc1cc2c(cc1OCC(=O)OC(C)C)OCO2. The number of benzene rings is 1. The largest absolute Gasteiger partial charge is 0.481 e. The molecule has 0 aromatic heterocycles. The molecule has 1 heterocycles. The smallest absolute Gasteiger partial charge is 0.344 e. The third-order valence-corrected chi connectivity index (χ3v) is 2.81. The van der Waals surface area contributed by atoms with Crippen molar-refractivity contribution in [3.05, 3.63) is 17.7 Å². The topological polar surface area (TPSA) is 80.0 Å². The number of carbonyl (C=O) groups excluding carboxylic acids is 1. The fourth-order valence-corrected chi connectivity index (χ4v) is 2.04. The molecule has 1 aromatic rings. The van der Waals surface area contributed by atoms with Crippen LogP contribution in [0.15, 0.2) is 12.1 Å². The zero-order valence-electron chi connectivity index (χ0n) is 12.5. The van der Waals surface area contributed by atoms with E-state index in [1.54, 1.807) is 19.9 Å². The normalized spacial score (nSPS) is 14.1. The van der Waals surface area contributed by atoms with Gasteiger partial charge in [-0.25, -0.2) is 4.79 Å². The van der Waals surface area contributed by atoms with Crippen molar-refractivity contribution in [2.75, 3.05) is 13.4 Å². The van der Waals surface area contributed by atoms with Crippen LogP contribution in [-0.2, 0) is 16.0 Å². The molecule has 0 radical (unpaired) electrons. The third-order valence-electron chi connectivity index (χ3n) is 2.81. The van der Waals surface area contributed by atoms with E-state index in [9.17, 15) is 4.79 Å². The van der Waals surface area contributed by atoms with Gasteiger partial charge in [-0.05, 0) is 38.8 Å². The Bertz CT molecular complexity index is 513. The molecule has 21 heavy (non-hydrogen) atoms. The van der Waals surface area contributed by atoms with E-state index in [-0.39, 0.29) is 25.5 Å². The Balaban J connectivity index is 2.11.